The fourth-order valence-electron chi connectivity index (χ4n) is 4.19. The monoisotopic (exact) mass is 368 g/mol. The Bertz CT molecular complexity index is 474. The van der Waals surface area contributed by atoms with Gasteiger partial charge in [0.2, 0.25) is 0 Å². The standard InChI is InChI=1S/C26H45B/c1-5-15-25(16-11-8-7-9-14-21-27-24(4)6-2)20-19-23(3)22-26-17-12-10-13-18-26/h5,15,19-20,26-27H,4,6-14,16-18,21-22H2,1-3H3/b15-5-,23-19+,25-20+. The molecular formula is C26H45B. The van der Waals surface area contributed by atoms with Gasteiger partial charge < -0.3 is 0 Å². The molecule has 0 unspecified atom stereocenters. The van der Waals surface area contributed by atoms with Gasteiger partial charge in [0.1, 0.15) is 0 Å². The Morgan fingerprint density at radius 1 is 1.00 bits per heavy atom. The lowest BCUT2D eigenvalue weighted by atomic mass is 9.65. The molecular weight excluding hydrogens is 323 g/mol. The van der Waals surface area contributed by atoms with Gasteiger partial charge in [-0.15, -0.1) is 12.1 Å². The Balaban J connectivity index is 2.22. The highest BCUT2D eigenvalue weighted by Gasteiger charge is 2.13. The molecule has 0 bridgehead atoms. The molecule has 0 amide bonds. The topological polar surface area (TPSA) is 0 Å². The van der Waals surface area contributed by atoms with Crippen molar-refractivity contribution in [3.05, 3.63) is 47.5 Å². The lowest BCUT2D eigenvalue weighted by Crippen LogP contribution is -2.06. The zero-order valence-corrected chi connectivity index (χ0v) is 18.7. The molecule has 0 atom stereocenters. The summed E-state index contributed by atoms with van der Waals surface area (Å²) >= 11 is 0. The molecule has 1 aliphatic rings. The molecule has 0 aliphatic heterocycles. The van der Waals surface area contributed by atoms with E-state index in [0.29, 0.717) is 0 Å². The van der Waals surface area contributed by atoms with E-state index in [0.717, 1.165) is 12.3 Å². The van der Waals surface area contributed by atoms with Crippen LogP contribution in [-0.4, -0.2) is 7.28 Å². The maximum atomic E-state index is 4.10. The maximum absolute atomic E-state index is 4.10. The highest BCUT2D eigenvalue weighted by molar-refractivity contribution is 6.44. The second kappa shape index (κ2) is 16.0. The molecule has 1 aliphatic carbocycles. The molecule has 0 aromatic carbocycles. The number of allylic oxidation sites excluding steroid dienone is 7. The van der Waals surface area contributed by atoms with Crippen LogP contribution in [0.3, 0.4) is 0 Å². The van der Waals surface area contributed by atoms with Crippen molar-refractivity contribution in [1.29, 1.82) is 0 Å². The van der Waals surface area contributed by atoms with E-state index >= 15 is 0 Å². The van der Waals surface area contributed by atoms with Crippen LogP contribution in [0, 0.1) is 5.92 Å². The third kappa shape index (κ3) is 12.9. The summed E-state index contributed by atoms with van der Waals surface area (Å²) in [5, 5.41) is 0. The number of rotatable bonds is 14. The van der Waals surface area contributed by atoms with Crippen molar-refractivity contribution in [2.45, 2.75) is 111 Å². The molecule has 27 heavy (non-hydrogen) atoms. The van der Waals surface area contributed by atoms with E-state index in [4.69, 9.17) is 0 Å². The van der Waals surface area contributed by atoms with Crippen LogP contribution in [0.15, 0.2) is 47.5 Å². The first kappa shape index (κ1) is 24.1. The maximum Gasteiger partial charge on any atom is 0.151 e. The Morgan fingerprint density at radius 2 is 1.70 bits per heavy atom. The molecule has 0 N–H and O–H groups in total. The molecule has 0 heterocycles. The van der Waals surface area contributed by atoms with E-state index in [1.54, 1.807) is 5.57 Å². The van der Waals surface area contributed by atoms with E-state index in [2.05, 4.69) is 51.7 Å². The summed E-state index contributed by atoms with van der Waals surface area (Å²) in [6.07, 6.45) is 28.4. The smallest absolute Gasteiger partial charge is 0.113 e. The molecule has 1 saturated carbocycles. The molecule has 0 spiro atoms. The molecule has 0 saturated heterocycles. The third-order valence-corrected chi connectivity index (χ3v) is 6.04. The van der Waals surface area contributed by atoms with Crippen LogP contribution in [0.2, 0.25) is 6.32 Å². The predicted octanol–water partition coefficient (Wildman–Crippen LogP) is 8.52. The molecule has 152 valence electrons. The van der Waals surface area contributed by atoms with Crippen molar-refractivity contribution in [3.8, 4) is 0 Å². The summed E-state index contributed by atoms with van der Waals surface area (Å²) in [6, 6.07) is 0. The lowest BCUT2D eigenvalue weighted by molar-refractivity contribution is 0.356. The predicted molar refractivity (Wildman–Crippen MR) is 127 cm³/mol. The van der Waals surface area contributed by atoms with Gasteiger partial charge in [-0.05, 0) is 51.0 Å². The molecule has 1 fully saturated rings. The van der Waals surface area contributed by atoms with Crippen molar-refractivity contribution in [2.24, 2.45) is 5.92 Å². The summed E-state index contributed by atoms with van der Waals surface area (Å²) in [5.41, 5.74) is 4.49. The van der Waals surface area contributed by atoms with Crippen LogP contribution in [-0.2, 0) is 0 Å². The Morgan fingerprint density at radius 3 is 2.41 bits per heavy atom. The quantitative estimate of drug-likeness (QED) is 0.164. The SMILES string of the molecule is C=C(BCCCCCCCC(/C=C\C)=C/C=C(\C)CC1CCCCC1)CC. The highest BCUT2D eigenvalue weighted by Crippen LogP contribution is 2.28. The van der Waals surface area contributed by atoms with E-state index in [1.165, 1.54) is 102 Å². The molecule has 0 radical (unpaired) electrons. The number of hydrogen-bond donors (Lipinski definition) is 0. The van der Waals surface area contributed by atoms with E-state index in [-0.39, 0.29) is 0 Å². The van der Waals surface area contributed by atoms with Gasteiger partial charge in [0.15, 0.2) is 7.28 Å². The van der Waals surface area contributed by atoms with Crippen molar-refractivity contribution < 1.29 is 0 Å². The van der Waals surface area contributed by atoms with Crippen molar-refractivity contribution >= 4 is 7.28 Å². The number of unbranched alkanes of at least 4 members (excludes halogenated alkanes) is 4. The van der Waals surface area contributed by atoms with E-state index in [9.17, 15) is 0 Å². The summed E-state index contributed by atoms with van der Waals surface area (Å²) in [7, 11) is 1.23. The van der Waals surface area contributed by atoms with Gasteiger partial charge in [0.05, 0.1) is 0 Å². The third-order valence-electron chi connectivity index (χ3n) is 6.04. The minimum absolute atomic E-state index is 0.947. The second-order valence-electron chi connectivity index (χ2n) is 8.69. The zero-order chi connectivity index (χ0) is 19.7. The molecule has 0 aromatic heterocycles. The molecule has 0 nitrogen and oxygen atoms in total. The van der Waals surface area contributed by atoms with Crippen LogP contribution >= 0.6 is 0 Å². The Labute approximate surface area is 171 Å². The fraction of sp³-hybridized carbons (Fsp3) is 0.692. The van der Waals surface area contributed by atoms with Crippen LogP contribution in [0.4, 0.5) is 0 Å². The molecule has 1 heteroatoms. The Kier molecular flexibility index (Phi) is 14.3. The van der Waals surface area contributed by atoms with Crippen LogP contribution < -0.4 is 0 Å². The minimum atomic E-state index is 0.947. The average Bonchev–Trinajstić information content (AvgIpc) is 2.68. The first-order valence-electron chi connectivity index (χ1n) is 11.8. The molecule has 1 rings (SSSR count). The fourth-order valence-corrected chi connectivity index (χ4v) is 4.19. The van der Waals surface area contributed by atoms with Crippen molar-refractivity contribution in [3.63, 3.8) is 0 Å². The summed E-state index contributed by atoms with van der Waals surface area (Å²) in [6.45, 7) is 10.8. The van der Waals surface area contributed by atoms with Crippen LogP contribution in [0.5, 0.6) is 0 Å². The average molecular weight is 368 g/mol. The van der Waals surface area contributed by atoms with Crippen LogP contribution in [0.1, 0.15) is 104 Å². The van der Waals surface area contributed by atoms with E-state index < -0.39 is 0 Å². The zero-order valence-electron chi connectivity index (χ0n) is 18.7. The lowest BCUT2D eigenvalue weighted by Gasteiger charge is -2.21. The van der Waals surface area contributed by atoms with Gasteiger partial charge in [0, 0.05) is 0 Å². The summed E-state index contributed by atoms with van der Waals surface area (Å²) < 4.78 is 0. The van der Waals surface area contributed by atoms with Gasteiger partial charge in [-0.25, -0.2) is 0 Å². The largest absolute Gasteiger partial charge is 0.151 e. The minimum Gasteiger partial charge on any atom is -0.113 e. The van der Waals surface area contributed by atoms with Gasteiger partial charge in [-0.1, -0.05) is 101 Å². The van der Waals surface area contributed by atoms with Gasteiger partial charge in [0.25, 0.3) is 0 Å². The normalized spacial score (nSPS) is 16.9. The number of hydrogen-bond acceptors (Lipinski definition) is 0. The van der Waals surface area contributed by atoms with Crippen molar-refractivity contribution in [2.75, 3.05) is 0 Å². The second-order valence-corrected chi connectivity index (χ2v) is 8.69. The Hall–Kier alpha value is -0.975. The summed E-state index contributed by atoms with van der Waals surface area (Å²) in [5.74, 6) is 0.947. The van der Waals surface area contributed by atoms with Gasteiger partial charge in [-0.3, -0.25) is 0 Å². The van der Waals surface area contributed by atoms with Gasteiger partial charge in [-0.2, -0.15) is 0 Å². The highest BCUT2D eigenvalue weighted by atomic mass is 14.2. The van der Waals surface area contributed by atoms with Gasteiger partial charge >= 0.3 is 0 Å². The first-order chi connectivity index (χ1) is 13.2. The first-order valence-corrected chi connectivity index (χ1v) is 11.8. The van der Waals surface area contributed by atoms with E-state index in [1.807, 2.05) is 0 Å². The summed E-state index contributed by atoms with van der Waals surface area (Å²) in [4.78, 5) is 0. The molecule has 0 aromatic rings. The van der Waals surface area contributed by atoms with Crippen LogP contribution in [0.25, 0.3) is 0 Å². The van der Waals surface area contributed by atoms with Crippen molar-refractivity contribution in [1.82, 2.24) is 0 Å².